The number of amides is 2. The molecule has 2 amide bonds. The maximum absolute atomic E-state index is 13.2. The Labute approximate surface area is 102 Å². The van der Waals surface area contributed by atoms with Crippen LogP contribution < -0.4 is 16.4 Å². The molecule has 98 valence electrons. The van der Waals surface area contributed by atoms with Gasteiger partial charge in [-0.15, -0.1) is 0 Å². The van der Waals surface area contributed by atoms with Crippen molar-refractivity contribution in [1.29, 1.82) is 0 Å². The van der Waals surface area contributed by atoms with Gasteiger partial charge in [0.05, 0.1) is 13.1 Å². The zero-order chi connectivity index (χ0) is 13.5. The number of hydrogen-bond acceptors (Lipinski definition) is 3. The van der Waals surface area contributed by atoms with Crippen molar-refractivity contribution in [3.8, 4) is 0 Å². The third-order valence-electron chi connectivity index (χ3n) is 2.12. The average Bonchev–Trinajstić information content (AvgIpc) is 2.36. The predicted octanol–water partition coefficient (Wildman–Crippen LogP) is -0.344. The van der Waals surface area contributed by atoms with Gasteiger partial charge in [0.15, 0.2) is 0 Å². The summed E-state index contributed by atoms with van der Waals surface area (Å²) in [6.07, 6.45) is 0. The summed E-state index contributed by atoms with van der Waals surface area (Å²) in [7, 11) is 0. The highest BCUT2D eigenvalue weighted by molar-refractivity contribution is 5.85. The lowest BCUT2D eigenvalue weighted by atomic mass is 10.2. The number of carbonyl (C=O) groups excluding carboxylic acids is 2. The molecule has 0 fully saturated rings. The molecule has 0 aliphatic carbocycles. The van der Waals surface area contributed by atoms with Gasteiger partial charge in [-0.1, -0.05) is 0 Å². The Balaban J connectivity index is 2.42. The fraction of sp³-hybridized carbons (Fsp3) is 0.273. The molecule has 0 atom stereocenters. The van der Waals surface area contributed by atoms with Crippen LogP contribution in [-0.4, -0.2) is 24.9 Å². The lowest BCUT2D eigenvalue weighted by Crippen LogP contribution is -2.39. The van der Waals surface area contributed by atoms with Crippen molar-refractivity contribution in [1.82, 2.24) is 10.6 Å². The molecule has 4 N–H and O–H groups in total. The third kappa shape index (κ3) is 4.46. The van der Waals surface area contributed by atoms with Gasteiger partial charge >= 0.3 is 0 Å². The lowest BCUT2D eigenvalue weighted by Gasteiger charge is -2.07. The van der Waals surface area contributed by atoms with Crippen molar-refractivity contribution >= 4 is 11.8 Å². The van der Waals surface area contributed by atoms with E-state index in [0.29, 0.717) is 0 Å². The molecule has 0 heterocycles. The van der Waals surface area contributed by atoms with E-state index in [0.717, 1.165) is 18.2 Å². The molecule has 0 bridgehead atoms. The number of nitrogens with one attached hydrogen (secondary N) is 2. The molecule has 0 aliphatic rings. The fourth-order valence-corrected chi connectivity index (χ4v) is 1.19. The molecule has 1 aromatic carbocycles. The first kappa shape index (κ1) is 14.0. The Morgan fingerprint density at radius 1 is 1.17 bits per heavy atom. The maximum atomic E-state index is 13.2. The first-order valence-electron chi connectivity index (χ1n) is 5.20. The molecule has 0 saturated carbocycles. The Kier molecular flexibility index (Phi) is 5.19. The van der Waals surface area contributed by atoms with Crippen LogP contribution in [0.25, 0.3) is 0 Å². The van der Waals surface area contributed by atoms with Gasteiger partial charge in [-0.05, 0) is 18.2 Å². The van der Waals surface area contributed by atoms with Gasteiger partial charge in [0, 0.05) is 12.1 Å². The van der Waals surface area contributed by atoms with E-state index in [9.17, 15) is 18.4 Å². The molecular weight excluding hydrogens is 244 g/mol. The molecule has 0 aromatic heterocycles. The zero-order valence-electron chi connectivity index (χ0n) is 9.50. The van der Waals surface area contributed by atoms with E-state index in [1.54, 1.807) is 0 Å². The first-order chi connectivity index (χ1) is 8.52. The van der Waals surface area contributed by atoms with Crippen molar-refractivity contribution in [3.63, 3.8) is 0 Å². The van der Waals surface area contributed by atoms with E-state index in [4.69, 9.17) is 5.73 Å². The summed E-state index contributed by atoms with van der Waals surface area (Å²) in [5.74, 6) is -2.18. The van der Waals surface area contributed by atoms with Gasteiger partial charge in [0.25, 0.3) is 0 Å². The molecule has 0 unspecified atom stereocenters. The van der Waals surface area contributed by atoms with Crippen LogP contribution in [0.5, 0.6) is 0 Å². The monoisotopic (exact) mass is 257 g/mol. The summed E-state index contributed by atoms with van der Waals surface area (Å²) in [6, 6.07) is 2.96. The van der Waals surface area contributed by atoms with Gasteiger partial charge in [-0.2, -0.15) is 0 Å². The minimum absolute atomic E-state index is 0.0356. The van der Waals surface area contributed by atoms with E-state index in [1.165, 1.54) is 0 Å². The minimum atomic E-state index is -0.609. The molecule has 5 nitrogen and oxygen atoms in total. The Bertz CT molecular complexity index is 452. The molecule has 0 spiro atoms. The van der Waals surface area contributed by atoms with E-state index in [-0.39, 0.29) is 25.2 Å². The highest BCUT2D eigenvalue weighted by Gasteiger charge is 2.07. The van der Waals surface area contributed by atoms with Gasteiger partial charge < -0.3 is 16.4 Å². The summed E-state index contributed by atoms with van der Waals surface area (Å²) in [5, 5.41) is 4.60. The van der Waals surface area contributed by atoms with Crippen LogP contribution in [0.15, 0.2) is 18.2 Å². The molecular formula is C11H13F2N3O2. The maximum Gasteiger partial charge on any atom is 0.239 e. The summed E-state index contributed by atoms with van der Waals surface area (Å²) < 4.78 is 26.0. The summed E-state index contributed by atoms with van der Waals surface area (Å²) in [4.78, 5) is 22.0. The van der Waals surface area contributed by atoms with Gasteiger partial charge in [-0.3, -0.25) is 9.59 Å². The van der Waals surface area contributed by atoms with Crippen LogP contribution in [0.2, 0.25) is 0 Å². The van der Waals surface area contributed by atoms with Crippen molar-refractivity contribution in [3.05, 3.63) is 35.4 Å². The number of hydrogen-bond donors (Lipinski definition) is 3. The number of rotatable bonds is 5. The molecule has 18 heavy (non-hydrogen) atoms. The first-order valence-corrected chi connectivity index (χ1v) is 5.20. The molecule has 0 saturated heterocycles. The zero-order valence-corrected chi connectivity index (χ0v) is 9.50. The number of halogens is 2. The second-order valence-corrected chi connectivity index (χ2v) is 3.49. The van der Waals surface area contributed by atoms with E-state index in [1.807, 2.05) is 0 Å². The second-order valence-electron chi connectivity index (χ2n) is 3.49. The van der Waals surface area contributed by atoms with Crippen molar-refractivity contribution in [2.45, 2.75) is 6.54 Å². The molecule has 0 radical (unpaired) electrons. The van der Waals surface area contributed by atoms with Crippen molar-refractivity contribution in [2.75, 3.05) is 13.1 Å². The quantitative estimate of drug-likeness (QED) is 0.674. The molecule has 1 rings (SSSR count). The van der Waals surface area contributed by atoms with Crippen molar-refractivity contribution in [2.24, 2.45) is 5.73 Å². The van der Waals surface area contributed by atoms with Gasteiger partial charge in [0.1, 0.15) is 11.6 Å². The Morgan fingerprint density at radius 3 is 2.56 bits per heavy atom. The number of nitrogens with two attached hydrogens (primary N) is 1. The second kappa shape index (κ2) is 6.65. The molecule has 0 aliphatic heterocycles. The van der Waals surface area contributed by atoms with Crippen LogP contribution in [0.4, 0.5) is 8.78 Å². The fourth-order valence-electron chi connectivity index (χ4n) is 1.19. The highest BCUT2D eigenvalue weighted by Crippen LogP contribution is 2.08. The van der Waals surface area contributed by atoms with E-state index >= 15 is 0 Å². The van der Waals surface area contributed by atoms with Crippen LogP contribution in [0.1, 0.15) is 5.56 Å². The highest BCUT2D eigenvalue weighted by atomic mass is 19.1. The largest absolute Gasteiger partial charge is 0.350 e. The number of carbonyl (C=O) groups is 2. The summed E-state index contributed by atoms with van der Waals surface area (Å²) in [6.45, 7) is -0.625. The third-order valence-corrected chi connectivity index (χ3v) is 2.12. The van der Waals surface area contributed by atoms with E-state index in [2.05, 4.69) is 10.6 Å². The smallest absolute Gasteiger partial charge is 0.239 e. The minimum Gasteiger partial charge on any atom is -0.350 e. The van der Waals surface area contributed by atoms with Crippen molar-refractivity contribution < 1.29 is 18.4 Å². The van der Waals surface area contributed by atoms with Crippen LogP contribution >= 0.6 is 0 Å². The SMILES string of the molecule is NCC(=O)NCC(=O)NCc1cc(F)ccc1F. The molecule has 7 heteroatoms. The molecule has 1 aromatic rings. The van der Waals surface area contributed by atoms with Gasteiger partial charge in [-0.25, -0.2) is 8.78 Å². The Morgan fingerprint density at radius 2 is 1.89 bits per heavy atom. The van der Waals surface area contributed by atoms with Crippen LogP contribution in [0, 0.1) is 11.6 Å². The van der Waals surface area contributed by atoms with Crippen LogP contribution in [-0.2, 0) is 16.1 Å². The van der Waals surface area contributed by atoms with Crippen LogP contribution in [0.3, 0.4) is 0 Å². The van der Waals surface area contributed by atoms with Gasteiger partial charge in [0.2, 0.25) is 11.8 Å². The van der Waals surface area contributed by atoms with E-state index < -0.39 is 23.4 Å². The summed E-state index contributed by atoms with van der Waals surface area (Å²) in [5.41, 5.74) is 5.06. The number of benzene rings is 1. The predicted molar refractivity (Wildman–Crippen MR) is 60.3 cm³/mol. The topological polar surface area (TPSA) is 84.2 Å². The average molecular weight is 257 g/mol. The Hall–Kier alpha value is -2.02. The summed E-state index contributed by atoms with van der Waals surface area (Å²) >= 11 is 0. The lowest BCUT2D eigenvalue weighted by molar-refractivity contribution is -0.125. The normalized spacial score (nSPS) is 9.94. The standard InChI is InChI=1S/C11H13F2N3O2/c12-8-1-2-9(13)7(3-8)5-15-11(18)6-16-10(17)4-14/h1-3H,4-6,14H2,(H,15,18)(H,16,17).